The molecular weight excluding hydrogens is 1120 g/mol. The molecule has 1 aromatic carbocycles. The lowest BCUT2D eigenvalue weighted by Crippen LogP contribution is -2.80. The predicted molar refractivity (Wildman–Crippen MR) is 151 cm³/mol. The van der Waals surface area contributed by atoms with Gasteiger partial charge in [-0.3, -0.25) is 4.79 Å². The molecule has 1 rings (SSSR count). The van der Waals surface area contributed by atoms with Gasteiger partial charge in [0, 0.05) is 18.0 Å². The number of hydrogen-bond acceptors (Lipinski definition) is 3. The van der Waals surface area contributed by atoms with Crippen LogP contribution < -0.4 is 5.32 Å². The molecule has 41 heteroatoms. The number of isocyanates is 1. The van der Waals surface area contributed by atoms with Crippen molar-refractivity contribution in [2.24, 2.45) is 4.99 Å². The van der Waals surface area contributed by atoms with Crippen LogP contribution in [0, 0.1) is 6.92 Å². The first kappa shape index (κ1) is 64.5. The quantitative estimate of drug-likeness (QED) is 0.0758. The maximum absolute atomic E-state index is 14.5. The van der Waals surface area contributed by atoms with Crippen LogP contribution in [0.2, 0.25) is 0 Å². The summed E-state index contributed by atoms with van der Waals surface area (Å²) in [6.45, 7) is 0.919. The van der Waals surface area contributed by atoms with E-state index in [1.165, 1.54) is 5.32 Å². The Kier molecular flexibility index (Phi) is 15.7. The van der Waals surface area contributed by atoms with Crippen LogP contribution in [0.25, 0.3) is 0 Å². The predicted octanol–water partition coefficient (Wildman–Crippen LogP) is 13.8. The third-order valence-electron chi connectivity index (χ3n) is 9.30. The van der Waals surface area contributed by atoms with E-state index in [-0.39, 0.29) is 18.2 Å². The second-order valence-electron chi connectivity index (χ2n) is 14.2. The lowest BCUT2D eigenvalue weighted by atomic mass is 9.82. The van der Waals surface area contributed by atoms with Gasteiger partial charge in [0.1, 0.15) is 0 Å². The van der Waals surface area contributed by atoms with Crippen molar-refractivity contribution in [3.63, 3.8) is 0 Å². The van der Waals surface area contributed by atoms with Gasteiger partial charge in [-0.2, -0.15) is 167 Å². The number of alkyl halides is 37. The van der Waals surface area contributed by atoms with Crippen molar-refractivity contribution in [3.8, 4) is 0 Å². The number of aryl methyl sites for hydroxylation is 1. The van der Waals surface area contributed by atoms with E-state index in [9.17, 15) is 172 Å². The van der Waals surface area contributed by atoms with Gasteiger partial charge in [0.15, 0.2) is 0 Å². The number of carbonyl (C=O) groups is 1. The molecule has 0 aliphatic rings. The van der Waals surface area contributed by atoms with Gasteiger partial charge < -0.3 is 5.32 Å². The number of hydrogen-bond donors (Lipinski definition) is 1. The molecule has 0 fully saturated rings. The summed E-state index contributed by atoms with van der Waals surface area (Å²) in [5.74, 6) is -168. The van der Waals surface area contributed by atoms with Crippen LogP contribution in [0.4, 0.5) is 168 Å². The number of aliphatic imine (C=N–C) groups is 1. The second kappa shape index (κ2) is 17.3. The van der Waals surface area contributed by atoms with Gasteiger partial charge in [0.2, 0.25) is 6.08 Å². The summed E-state index contributed by atoms with van der Waals surface area (Å²) >= 11 is 0. The number of nitrogens with one attached hydrogen (secondary N) is 1. The number of rotatable bonds is 21. The van der Waals surface area contributed by atoms with Crippen molar-refractivity contribution in [2.75, 3.05) is 0 Å². The lowest BCUT2D eigenvalue weighted by molar-refractivity contribution is -0.493. The second-order valence-corrected chi connectivity index (χ2v) is 14.2. The van der Waals surface area contributed by atoms with Gasteiger partial charge in [-0.15, -0.1) is 0 Å². The van der Waals surface area contributed by atoms with Crippen LogP contribution in [0.15, 0.2) is 23.2 Å². The normalized spacial score (nSPS) is 16.4. The maximum Gasteiger partial charge on any atom is 0.460 e. The average Bonchev–Trinajstić information content (AvgIpc) is 3.15. The molecule has 4 nitrogen and oxygen atoms in total. The van der Waals surface area contributed by atoms with Gasteiger partial charge >= 0.3 is 107 Å². The summed E-state index contributed by atoms with van der Waals surface area (Å²) in [5, 5.41) is 1.20. The summed E-state index contributed by atoms with van der Waals surface area (Å²) < 4.78 is 514. The Labute approximate surface area is 363 Å². The monoisotopic (exact) mass is 1140 g/mol. The van der Waals surface area contributed by atoms with Gasteiger partial charge in [0.05, 0.1) is 5.69 Å². The highest BCUT2D eigenvalue weighted by Gasteiger charge is 3.02. The minimum atomic E-state index is -10.5. The first-order valence-electron chi connectivity index (χ1n) is 16.5. The highest BCUT2D eigenvalue weighted by molar-refractivity contribution is 5.96. The van der Waals surface area contributed by atoms with E-state index in [4.69, 9.17) is 0 Å². The topological polar surface area (TPSA) is 58.5 Å². The van der Waals surface area contributed by atoms with Crippen LogP contribution >= 0.6 is 0 Å². The molecule has 1 N–H and O–H groups in total. The fraction of sp³-hybridized carbons (Fsp3) is 0.733. The smallest absolute Gasteiger partial charge is 0.349 e. The molecule has 0 radical (unpaired) electrons. The molecule has 1 aromatic rings. The van der Waals surface area contributed by atoms with Crippen molar-refractivity contribution in [1.29, 1.82) is 0 Å². The van der Waals surface area contributed by atoms with E-state index in [1.807, 2.05) is 0 Å². The standard InChI is InChI=1S/C30H13F37N2O2/c1-8-5-10(68-7-70)3-4-11(8)12(71)69-9(2)6-13(31,32)14(33,34)15(35,36)16(37,38)17(39,40)18(41,42)19(43,44)20(45,46)21(47,48)22(49,50)23(51,52)24(53,54)25(55,56)26(57,58)27(59,60)28(61,62)29(63,64)30(65,66)67/h3-5,9H,6H2,1-2H3,(H,69,71). The molecule has 0 saturated heterocycles. The molecule has 0 heterocycles. The largest absolute Gasteiger partial charge is 0.460 e. The fourth-order valence-corrected chi connectivity index (χ4v) is 5.06. The van der Waals surface area contributed by atoms with Gasteiger partial charge in [-0.25, -0.2) is 4.79 Å². The summed E-state index contributed by atoms with van der Waals surface area (Å²) in [7, 11) is 0. The van der Waals surface area contributed by atoms with Crippen molar-refractivity contribution < 1.29 is 172 Å². The van der Waals surface area contributed by atoms with Crippen molar-refractivity contribution in [3.05, 3.63) is 29.3 Å². The molecule has 0 saturated carbocycles. The van der Waals surface area contributed by atoms with E-state index in [2.05, 4.69) is 4.99 Å². The summed E-state index contributed by atoms with van der Waals surface area (Å²) in [4.78, 5) is 25.6. The Bertz CT molecular complexity index is 2180. The van der Waals surface area contributed by atoms with Gasteiger partial charge in [-0.1, -0.05) is 0 Å². The Balaban J connectivity index is 3.94. The van der Waals surface area contributed by atoms with E-state index < -0.39 is 131 Å². The molecule has 0 aliphatic heterocycles. The first-order chi connectivity index (χ1) is 30.5. The highest BCUT2D eigenvalue weighted by atomic mass is 19.4. The molecule has 414 valence electrons. The van der Waals surface area contributed by atoms with E-state index >= 15 is 0 Å². The molecule has 71 heavy (non-hydrogen) atoms. The van der Waals surface area contributed by atoms with E-state index in [0.717, 1.165) is 25.1 Å². The highest BCUT2D eigenvalue weighted by Crippen LogP contribution is 2.70. The van der Waals surface area contributed by atoms with Crippen LogP contribution in [0.5, 0.6) is 0 Å². The number of nitrogens with zero attached hydrogens (tertiary/aromatic N) is 1. The Morgan fingerprint density at radius 3 is 0.901 bits per heavy atom. The SMILES string of the molecule is Cc1cc(N=C=O)ccc1C(=O)NC(C)CC(F)(F)C(F)(F)C(F)(F)C(F)(F)C(F)(F)C(F)(F)C(F)(F)C(F)(F)C(F)(F)C(F)(F)C(F)(F)C(F)(F)C(F)(F)C(F)(F)C(F)(F)C(F)(F)C(F)(F)C(F)(F)F. The molecule has 1 atom stereocenters. The van der Waals surface area contributed by atoms with Crippen molar-refractivity contribution >= 4 is 17.7 Å². The summed E-state index contributed by atoms with van der Waals surface area (Å²) in [5.41, 5.74) is -1.45. The molecule has 0 bridgehead atoms. The summed E-state index contributed by atoms with van der Waals surface area (Å²) in [6.07, 6.45) is -10.9. The molecule has 0 spiro atoms. The fourth-order valence-electron chi connectivity index (χ4n) is 5.06. The van der Waals surface area contributed by atoms with Gasteiger partial charge in [-0.05, 0) is 37.6 Å². The number of carbonyl (C=O) groups excluding carboxylic acids is 2. The average molecular weight is 1140 g/mol. The zero-order chi connectivity index (χ0) is 57.8. The Morgan fingerprint density at radius 2 is 0.676 bits per heavy atom. The Hall–Kier alpha value is -4.52. The van der Waals surface area contributed by atoms with Crippen molar-refractivity contribution in [1.82, 2.24) is 5.32 Å². The van der Waals surface area contributed by atoms with E-state index in [1.54, 1.807) is 0 Å². The maximum atomic E-state index is 14.5. The minimum absolute atomic E-state index is 0.000404. The van der Waals surface area contributed by atoms with Crippen LogP contribution in [0.1, 0.15) is 29.3 Å². The minimum Gasteiger partial charge on any atom is -0.349 e. The number of benzene rings is 1. The molecule has 1 unspecified atom stereocenters. The van der Waals surface area contributed by atoms with Crippen LogP contribution in [0.3, 0.4) is 0 Å². The zero-order valence-corrected chi connectivity index (χ0v) is 32.3. The zero-order valence-electron chi connectivity index (χ0n) is 32.3. The van der Waals surface area contributed by atoms with Gasteiger partial charge in [0.25, 0.3) is 5.91 Å². The number of halogens is 37. The van der Waals surface area contributed by atoms with Crippen LogP contribution in [-0.4, -0.2) is 125 Å². The lowest BCUT2D eigenvalue weighted by Gasteiger charge is -2.47. The molecule has 1 amide bonds. The third-order valence-corrected chi connectivity index (χ3v) is 9.30. The van der Waals surface area contributed by atoms with Crippen molar-refractivity contribution in [2.45, 2.75) is 133 Å². The third kappa shape index (κ3) is 8.38. The van der Waals surface area contributed by atoms with E-state index in [0.29, 0.717) is 6.07 Å². The summed E-state index contributed by atoms with van der Waals surface area (Å²) in [6, 6.07) is -0.783. The molecule has 0 aliphatic carbocycles. The number of amides is 1. The first-order valence-corrected chi connectivity index (χ1v) is 16.5. The Morgan fingerprint density at radius 1 is 0.437 bits per heavy atom. The molecule has 0 aromatic heterocycles. The van der Waals surface area contributed by atoms with Crippen LogP contribution in [-0.2, 0) is 4.79 Å². The molecular formula is C30H13F37N2O2.